The van der Waals surface area contributed by atoms with Gasteiger partial charge in [0.2, 0.25) is 10.0 Å². The van der Waals surface area contributed by atoms with E-state index in [9.17, 15) is 13.2 Å². The van der Waals surface area contributed by atoms with Crippen molar-refractivity contribution in [2.75, 3.05) is 18.4 Å². The Morgan fingerprint density at radius 2 is 1.81 bits per heavy atom. The minimum Gasteiger partial charge on any atom is -0.353 e. The first kappa shape index (κ1) is 20.1. The minimum atomic E-state index is -3.62. The molecule has 2 heterocycles. The summed E-state index contributed by atoms with van der Waals surface area (Å²) in [6.45, 7) is 4.45. The first-order valence-electron chi connectivity index (χ1n) is 9.07. The second-order valence-electron chi connectivity index (χ2n) is 6.86. The first-order valence-corrected chi connectivity index (χ1v) is 11.3. The van der Waals surface area contributed by atoms with E-state index in [-0.39, 0.29) is 16.5 Å². The topological polar surface area (TPSA) is 82.3 Å². The first-order chi connectivity index (χ1) is 12.8. The number of nitrogens with one attached hydrogen (secondary N) is 2. The van der Waals surface area contributed by atoms with Crippen molar-refractivity contribution in [1.82, 2.24) is 9.29 Å². The normalized spacial score (nSPS) is 16.1. The lowest BCUT2D eigenvalue weighted by Gasteiger charge is -2.20. The van der Waals surface area contributed by atoms with Gasteiger partial charge in [-0.3, -0.25) is 4.79 Å². The lowest BCUT2D eigenvalue weighted by molar-refractivity contribution is 0.102. The highest BCUT2D eigenvalue weighted by molar-refractivity contribution is 9.10. The molecule has 1 aromatic carbocycles. The van der Waals surface area contributed by atoms with Gasteiger partial charge in [-0.05, 0) is 50.5 Å². The molecular weight excluding hydrogens is 430 g/mol. The number of aromatic amines is 1. The molecule has 0 atom stereocenters. The molecule has 146 valence electrons. The molecule has 2 aromatic rings. The van der Waals surface area contributed by atoms with E-state index in [2.05, 4.69) is 26.2 Å². The summed E-state index contributed by atoms with van der Waals surface area (Å²) < 4.78 is 28.8. The quantitative estimate of drug-likeness (QED) is 0.726. The van der Waals surface area contributed by atoms with Crippen molar-refractivity contribution in [1.29, 1.82) is 0 Å². The summed E-state index contributed by atoms with van der Waals surface area (Å²) in [5.74, 6) is -0.356. The van der Waals surface area contributed by atoms with Gasteiger partial charge >= 0.3 is 0 Å². The molecule has 0 spiro atoms. The van der Waals surface area contributed by atoms with Crippen molar-refractivity contribution >= 4 is 37.5 Å². The summed E-state index contributed by atoms with van der Waals surface area (Å²) in [6.07, 6.45) is 3.85. The van der Waals surface area contributed by atoms with Crippen molar-refractivity contribution in [2.24, 2.45) is 0 Å². The number of hydrogen-bond acceptors (Lipinski definition) is 3. The number of halogens is 1. The summed E-state index contributed by atoms with van der Waals surface area (Å²) in [4.78, 5) is 15.9. The molecule has 0 saturated carbocycles. The van der Waals surface area contributed by atoms with Crippen LogP contribution in [0.5, 0.6) is 0 Å². The third kappa shape index (κ3) is 4.28. The molecule has 1 saturated heterocycles. The fraction of sp³-hybridized carbons (Fsp3) is 0.421. The molecule has 27 heavy (non-hydrogen) atoms. The van der Waals surface area contributed by atoms with E-state index >= 15 is 0 Å². The molecule has 0 bridgehead atoms. The van der Waals surface area contributed by atoms with Crippen molar-refractivity contribution in [3.63, 3.8) is 0 Å². The van der Waals surface area contributed by atoms with Crippen molar-refractivity contribution in [3.8, 4) is 0 Å². The fourth-order valence-corrected chi connectivity index (χ4v) is 5.84. The molecule has 0 unspecified atom stereocenters. The summed E-state index contributed by atoms with van der Waals surface area (Å²) >= 11 is 3.37. The van der Waals surface area contributed by atoms with Crippen LogP contribution in [0.1, 0.15) is 47.4 Å². The Kier molecular flexibility index (Phi) is 6.08. The van der Waals surface area contributed by atoms with Crippen molar-refractivity contribution < 1.29 is 13.2 Å². The molecule has 6 nitrogen and oxygen atoms in total. The number of aromatic nitrogens is 1. The zero-order valence-corrected chi connectivity index (χ0v) is 17.9. The van der Waals surface area contributed by atoms with Gasteiger partial charge < -0.3 is 10.3 Å². The van der Waals surface area contributed by atoms with Crippen LogP contribution in [0.25, 0.3) is 0 Å². The number of aryl methyl sites for hydroxylation is 1. The van der Waals surface area contributed by atoms with E-state index in [0.29, 0.717) is 30.0 Å². The Balaban J connectivity index is 1.91. The van der Waals surface area contributed by atoms with Crippen LogP contribution in [-0.4, -0.2) is 36.7 Å². The highest BCUT2D eigenvalue weighted by Crippen LogP contribution is 2.28. The van der Waals surface area contributed by atoms with Gasteiger partial charge in [-0.25, -0.2) is 8.42 Å². The number of H-pyrrole nitrogens is 1. The van der Waals surface area contributed by atoms with Crippen LogP contribution >= 0.6 is 15.9 Å². The Morgan fingerprint density at radius 1 is 1.15 bits per heavy atom. The number of benzene rings is 1. The van der Waals surface area contributed by atoms with E-state index in [1.54, 1.807) is 30.3 Å². The van der Waals surface area contributed by atoms with Crippen LogP contribution in [0.2, 0.25) is 0 Å². The van der Waals surface area contributed by atoms with Gasteiger partial charge in [-0.2, -0.15) is 4.31 Å². The molecule has 8 heteroatoms. The maximum atomic E-state index is 13.2. The van der Waals surface area contributed by atoms with Crippen LogP contribution in [0, 0.1) is 13.8 Å². The van der Waals surface area contributed by atoms with Gasteiger partial charge in [-0.1, -0.05) is 34.8 Å². The largest absolute Gasteiger partial charge is 0.353 e. The highest BCUT2D eigenvalue weighted by Gasteiger charge is 2.32. The van der Waals surface area contributed by atoms with Crippen molar-refractivity contribution in [3.05, 3.63) is 45.7 Å². The van der Waals surface area contributed by atoms with Gasteiger partial charge in [0.15, 0.2) is 0 Å². The monoisotopic (exact) mass is 453 g/mol. The van der Waals surface area contributed by atoms with E-state index in [1.165, 1.54) is 0 Å². The molecule has 2 N–H and O–H groups in total. The van der Waals surface area contributed by atoms with E-state index in [4.69, 9.17) is 0 Å². The SMILES string of the molecule is Cc1[nH]c(C(=O)Nc2cccc(Br)c2)c(C)c1S(=O)(=O)N1CCCCCC1. The van der Waals surface area contributed by atoms with E-state index in [0.717, 1.165) is 30.2 Å². The number of sulfonamides is 1. The lowest BCUT2D eigenvalue weighted by Crippen LogP contribution is -2.32. The number of carbonyl (C=O) groups is 1. The Labute approximate surface area is 168 Å². The van der Waals surface area contributed by atoms with Crippen molar-refractivity contribution in [2.45, 2.75) is 44.4 Å². The fourth-order valence-electron chi connectivity index (χ4n) is 3.52. The number of amides is 1. The predicted molar refractivity (Wildman–Crippen MR) is 110 cm³/mol. The number of carbonyl (C=O) groups excluding carboxylic acids is 1. The van der Waals surface area contributed by atoms with Crippen LogP contribution in [0.15, 0.2) is 33.6 Å². The maximum Gasteiger partial charge on any atom is 0.272 e. The maximum absolute atomic E-state index is 13.2. The second kappa shape index (κ2) is 8.16. The summed E-state index contributed by atoms with van der Waals surface area (Å²) in [5, 5.41) is 2.81. The summed E-state index contributed by atoms with van der Waals surface area (Å²) in [5.41, 5.74) is 1.87. The second-order valence-corrected chi connectivity index (χ2v) is 9.65. The number of hydrogen-bond donors (Lipinski definition) is 2. The van der Waals surface area contributed by atoms with Gasteiger partial charge in [0.1, 0.15) is 10.6 Å². The van der Waals surface area contributed by atoms with E-state index < -0.39 is 10.0 Å². The molecule has 1 amide bonds. The van der Waals surface area contributed by atoms with Crippen LogP contribution in [-0.2, 0) is 10.0 Å². The molecule has 1 aromatic heterocycles. The molecule has 1 aliphatic rings. The standard InChI is InChI=1S/C19H24BrN3O3S/c1-13-17(19(24)22-16-9-7-8-15(20)12-16)21-14(2)18(13)27(25,26)23-10-5-3-4-6-11-23/h7-9,12,21H,3-6,10-11H2,1-2H3,(H,22,24). The number of anilines is 1. The third-order valence-corrected chi connectivity index (χ3v) is 7.51. The minimum absolute atomic E-state index is 0.226. The molecule has 0 aliphatic carbocycles. The molecular formula is C19H24BrN3O3S. The Hall–Kier alpha value is -1.64. The lowest BCUT2D eigenvalue weighted by atomic mass is 10.2. The zero-order chi connectivity index (χ0) is 19.6. The summed E-state index contributed by atoms with van der Waals surface area (Å²) in [6, 6.07) is 7.26. The van der Waals surface area contributed by atoms with Crippen LogP contribution < -0.4 is 5.32 Å². The molecule has 0 radical (unpaired) electrons. The number of rotatable bonds is 4. The summed E-state index contributed by atoms with van der Waals surface area (Å²) in [7, 11) is -3.62. The van der Waals surface area contributed by atoms with Crippen LogP contribution in [0.4, 0.5) is 5.69 Å². The van der Waals surface area contributed by atoms with Gasteiger partial charge in [-0.15, -0.1) is 0 Å². The zero-order valence-electron chi connectivity index (χ0n) is 15.5. The average molecular weight is 454 g/mol. The Morgan fingerprint density at radius 3 is 2.44 bits per heavy atom. The van der Waals surface area contributed by atoms with E-state index in [1.807, 2.05) is 12.1 Å². The van der Waals surface area contributed by atoms with Crippen LogP contribution in [0.3, 0.4) is 0 Å². The Bertz CT molecular complexity index is 945. The smallest absolute Gasteiger partial charge is 0.272 e. The molecule has 1 fully saturated rings. The highest BCUT2D eigenvalue weighted by atomic mass is 79.9. The third-order valence-electron chi connectivity index (χ3n) is 4.84. The van der Waals surface area contributed by atoms with Gasteiger partial charge in [0, 0.05) is 28.9 Å². The molecule has 1 aliphatic heterocycles. The molecule has 3 rings (SSSR count). The van der Waals surface area contributed by atoms with Gasteiger partial charge in [0.25, 0.3) is 5.91 Å². The number of nitrogens with zero attached hydrogens (tertiary/aromatic N) is 1. The predicted octanol–water partition coefficient (Wildman–Crippen LogP) is 4.21. The average Bonchev–Trinajstić information content (AvgIpc) is 2.79. The van der Waals surface area contributed by atoms with Gasteiger partial charge in [0.05, 0.1) is 0 Å².